The number of nitrogens with two attached hydrogens (primary N) is 1. The van der Waals surface area contributed by atoms with Crippen LogP contribution >= 0.6 is 0 Å². The third-order valence-electron chi connectivity index (χ3n) is 4.03. The molecule has 88 valence electrons. The summed E-state index contributed by atoms with van der Waals surface area (Å²) in [6.45, 7) is 3.30. The number of rotatable bonds is 4. The third kappa shape index (κ3) is 1.76. The Morgan fingerprint density at radius 1 is 1.50 bits per heavy atom. The van der Waals surface area contributed by atoms with Gasteiger partial charge < -0.3 is 5.73 Å². The minimum atomic E-state index is 0.159. The summed E-state index contributed by atoms with van der Waals surface area (Å²) in [6.07, 6.45) is 5.65. The minimum Gasteiger partial charge on any atom is -0.323 e. The topological polar surface area (TPSA) is 47.1 Å². The first-order valence-electron chi connectivity index (χ1n) is 6.15. The van der Waals surface area contributed by atoms with Gasteiger partial charge in [0, 0.05) is 50.5 Å². The van der Waals surface area contributed by atoms with Crippen molar-refractivity contribution >= 4 is 0 Å². The Bertz CT molecular complexity index is 374. The van der Waals surface area contributed by atoms with Crippen LogP contribution in [0.25, 0.3) is 0 Å². The van der Waals surface area contributed by atoms with Crippen LogP contribution in [0.15, 0.2) is 12.3 Å². The Morgan fingerprint density at radius 3 is 2.81 bits per heavy atom. The monoisotopic (exact) mass is 220 g/mol. The molecule has 4 heteroatoms. The van der Waals surface area contributed by atoms with E-state index in [-0.39, 0.29) is 5.54 Å². The summed E-state index contributed by atoms with van der Waals surface area (Å²) >= 11 is 0. The average Bonchev–Trinajstić information content (AvgIpc) is 2.97. The van der Waals surface area contributed by atoms with Crippen molar-refractivity contribution in [2.75, 3.05) is 19.6 Å². The normalized spacial score (nSPS) is 24.4. The van der Waals surface area contributed by atoms with Crippen LogP contribution in [-0.4, -0.2) is 39.9 Å². The largest absolute Gasteiger partial charge is 0.323 e. The molecule has 4 nitrogen and oxygen atoms in total. The van der Waals surface area contributed by atoms with Crippen LogP contribution in [0.4, 0.5) is 0 Å². The van der Waals surface area contributed by atoms with E-state index in [4.69, 9.17) is 5.73 Å². The maximum atomic E-state index is 6.32. The summed E-state index contributed by atoms with van der Waals surface area (Å²) in [7, 11) is 2.00. The van der Waals surface area contributed by atoms with Crippen LogP contribution in [0.5, 0.6) is 0 Å². The van der Waals surface area contributed by atoms with Crippen LogP contribution in [0, 0.1) is 5.92 Å². The van der Waals surface area contributed by atoms with Crippen molar-refractivity contribution in [3.8, 4) is 0 Å². The minimum absolute atomic E-state index is 0.159. The summed E-state index contributed by atoms with van der Waals surface area (Å²) in [5, 5.41) is 4.18. The van der Waals surface area contributed by atoms with E-state index < -0.39 is 0 Å². The number of nitrogens with zero attached hydrogens (tertiary/aromatic N) is 3. The predicted octanol–water partition coefficient (Wildman–Crippen LogP) is 0.386. The van der Waals surface area contributed by atoms with E-state index in [9.17, 15) is 0 Å². The summed E-state index contributed by atoms with van der Waals surface area (Å²) in [5.41, 5.74) is 7.78. The van der Waals surface area contributed by atoms with Crippen molar-refractivity contribution in [1.82, 2.24) is 14.7 Å². The summed E-state index contributed by atoms with van der Waals surface area (Å²) in [4.78, 5) is 2.46. The van der Waals surface area contributed by atoms with Crippen LogP contribution in [-0.2, 0) is 13.5 Å². The molecule has 16 heavy (non-hydrogen) atoms. The molecule has 0 radical (unpaired) electrons. The Kier molecular flexibility index (Phi) is 2.30. The highest BCUT2D eigenvalue weighted by Crippen LogP contribution is 2.42. The molecule has 1 aliphatic heterocycles. The standard InChI is InChI=1S/C12H20N4/c1-15-11(4-6-14-15)5-7-16-8-12(13,9-16)10-2-3-10/h4,6,10H,2-3,5,7-9,13H2,1H3. The van der Waals surface area contributed by atoms with Crippen LogP contribution < -0.4 is 5.73 Å². The number of hydrogen-bond acceptors (Lipinski definition) is 3. The van der Waals surface area contributed by atoms with Gasteiger partial charge in [-0.25, -0.2) is 0 Å². The second kappa shape index (κ2) is 3.57. The maximum absolute atomic E-state index is 6.32. The van der Waals surface area contributed by atoms with E-state index >= 15 is 0 Å². The first kappa shape index (κ1) is 10.3. The van der Waals surface area contributed by atoms with Crippen LogP contribution in [0.1, 0.15) is 18.5 Å². The predicted molar refractivity (Wildman–Crippen MR) is 63.0 cm³/mol. The van der Waals surface area contributed by atoms with Gasteiger partial charge in [0.2, 0.25) is 0 Å². The van der Waals surface area contributed by atoms with Crippen molar-refractivity contribution in [2.24, 2.45) is 18.7 Å². The lowest BCUT2D eigenvalue weighted by Gasteiger charge is -2.48. The molecular formula is C12H20N4. The fourth-order valence-electron chi connectivity index (χ4n) is 2.78. The van der Waals surface area contributed by atoms with Crippen molar-refractivity contribution in [3.63, 3.8) is 0 Å². The van der Waals surface area contributed by atoms with E-state index in [1.54, 1.807) is 0 Å². The zero-order chi connectivity index (χ0) is 11.2. The second-order valence-electron chi connectivity index (χ2n) is 5.41. The number of aromatic nitrogens is 2. The van der Waals surface area contributed by atoms with Gasteiger partial charge in [0.15, 0.2) is 0 Å². The number of hydrogen-bond donors (Lipinski definition) is 1. The lowest BCUT2D eigenvalue weighted by molar-refractivity contribution is 0.0556. The molecule has 1 aromatic heterocycles. The average molecular weight is 220 g/mol. The highest BCUT2D eigenvalue weighted by molar-refractivity contribution is 5.10. The molecule has 0 amide bonds. The molecule has 0 aromatic carbocycles. The van der Waals surface area contributed by atoms with Crippen LogP contribution in [0.2, 0.25) is 0 Å². The fraction of sp³-hybridized carbons (Fsp3) is 0.750. The highest BCUT2D eigenvalue weighted by atomic mass is 15.3. The quantitative estimate of drug-likeness (QED) is 0.798. The van der Waals surface area contributed by atoms with Gasteiger partial charge in [-0.05, 0) is 24.8 Å². The van der Waals surface area contributed by atoms with E-state index in [0.717, 1.165) is 32.0 Å². The molecule has 2 heterocycles. The molecule has 1 saturated carbocycles. The Labute approximate surface area is 96.4 Å². The lowest BCUT2D eigenvalue weighted by atomic mass is 9.85. The molecule has 0 unspecified atom stereocenters. The van der Waals surface area contributed by atoms with Gasteiger partial charge in [-0.3, -0.25) is 9.58 Å². The van der Waals surface area contributed by atoms with E-state index in [0.29, 0.717) is 0 Å². The van der Waals surface area contributed by atoms with Gasteiger partial charge in [0.25, 0.3) is 0 Å². The molecule has 3 rings (SSSR count). The maximum Gasteiger partial charge on any atom is 0.0492 e. The molecular weight excluding hydrogens is 200 g/mol. The Balaban J connectivity index is 1.46. The first-order chi connectivity index (χ1) is 7.67. The smallest absolute Gasteiger partial charge is 0.0492 e. The van der Waals surface area contributed by atoms with Crippen molar-refractivity contribution in [2.45, 2.75) is 24.8 Å². The van der Waals surface area contributed by atoms with Gasteiger partial charge in [0.1, 0.15) is 0 Å². The molecule has 1 aliphatic carbocycles. The lowest BCUT2D eigenvalue weighted by Crippen LogP contribution is -2.68. The molecule has 1 saturated heterocycles. The summed E-state index contributed by atoms with van der Waals surface area (Å²) < 4.78 is 1.95. The fourth-order valence-corrected chi connectivity index (χ4v) is 2.78. The SMILES string of the molecule is Cn1nccc1CCN1CC(N)(C2CC2)C1. The zero-order valence-corrected chi connectivity index (χ0v) is 9.89. The molecule has 0 spiro atoms. The molecule has 1 aromatic rings. The van der Waals surface area contributed by atoms with Crippen molar-refractivity contribution < 1.29 is 0 Å². The van der Waals surface area contributed by atoms with Gasteiger partial charge in [-0.1, -0.05) is 0 Å². The van der Waals surface area contributed by atoms with Gasteiger partial charge in [0.05, 0.1) is 0 Å². The van der Waals surface area contributed by atoms with E-state index in [2.05, 4.69) is 16.1 Å². The summed E-state index contributed by atoms with van der Waals surface area (Å²) in [6, 6.07) is 2.09. The van der Waals surface area contributed by atoms with Gasteiger partial charge in [-0.15, -0.1) is 0 Å². The van der Waals surface area contributed by atoms with Gasteiger partial charge in [-0.2, -0.15) is 5.10 Å². The molecule has 2 aliphatic rings. The van der Waals surface area contributed by atoms with E-state index in [1.165, 1.54) is 18.5 Å². The third-order valence-corrected chi connectivity index (χ3v) is 4.03. The Morgan fingerprint density at radius 2 is 2.25 bits per heavy atom. The zero-order valence-electron chi connectivity index (χ0n) is 9.89. The van der Waals surface area contributed by atoms with Crippen molar-refractivity contribution in [3.05, 3.63) is 18.0 Å². The van der Waals surface area contributed by atoms with E-state index in [1.807, 2.05) is 17.9 Å². The molecule has 2 N–H and O–H groups in total. The molecule has 2 fully saturated rings. The highest BCUT2D eigenvalue weighted by Gasteiger charge is 2.49. The van der Waals surface area contributed by atoms with Gasteiger partial charge >= 0.3 is 0 Å². The van der Waals surface area contributed by atoms with Crippen molar-refractivity contribution in [1.29, 1.82) is 0 Å². The van der Waals surface area contributed by atoms with Crippen LogP contribution in [0.3, 0.4) is 0 Å². The summed E-state index contributed by atoms with van der Waals surface area (Å²) in [5.74, 6) is 0.820. The molecule has 0 atom stereocenters. The second-order valence-corrected chi connectivity index (χ2v) is 5.41. The number of likely N-dealkylation sites (tertiary alicyclic amines) is 1. The first-order valence-corrected chi connectivity index (χ1v) is 6.15. The Hall–Kier alpha value is -0.870. The number of aryl methyl sites for hydroxylation is 1. The molecule has 0 bridgehead atoms.